The van der Waals surface area contributed by atoms with Gasteiger partial charge in [-0.2, -0.15) is 0 Å². The van der Waals surface area contributed by atoms with Gasteiger partial charge in [-0.25, -0.2) is 4.98 Å². The molecule has 1 aromatic heterocycles. The molecule has 0 radical (unpaired) electrons. The highest BCUT2D eigenvalue weighted by molar-refractivity contribution is 6.29. The molecular weight excluding hydrogens is 286 g/mol. The Balaban J connectivity index is 1.50. The van der Waals surface area contributed by atoms with Crippen LogP contribution < -0.4 is 0 Å². The van der Waals surface area contributed by atoms with Crippen LogP contribution in [0.1, 0.15) is 36.0 Å². The van der Waals surface area contributed by atoms with Gasteiger partial charge < -0.3 is 9.80 Å². The number of halogens is 1. The van der Waals surface area contributed by atoms with E-state index in [9.17, 15) is 4.79 Å². The lowest BCUT2D eigenvalue weighted by atomic mass is 9.96. The second kappa shape index (κ2) is 6.75. The summed E-state index contributed by atoms with van der Waals surface area (Å²) in [6.45, 7) is 5.45. The van der Waals surface area contributed by atoms with Crippen molar-refractivity contribution < 1.29 is 4.79 Å². The highest BCUT2D eigenvalue weighted by Gasteiger charge is 2.25. The fraction of sp³-hybridized carbons (Fsp3) is 0.625. The highest BCUT2D eigenvalue weighted by atomic mass is 35.5. The van der Waals surface area contributed by atoms with Gasteiger partial charge in [-0.1, -0.05) is 11.6 Å². The topological polar surface area (TPSA) is 36.4 Å². The Morgan fingerprint density at radius 1 is 1.19 bits per heavy atom. The standard InChI is InChI=1S/C16H22ClN3O/c17-15-4-3-14(11-18-15)16(21)20-9-5-13(6-10-20)12-19-7-1-2-8-19/h3-4,11,13H,1-2,5-10,12H2. The van der Waals surface area contributed by atoms with Gasteiger partial charge in [-0.15, -0.1) is 0 Å². The summed E-state index contributed by atoms with van der Waals surface area (Å²) < 4.78 is 0. The number of rotatable bonds is 3. The molecule has 0 unspecified atom stereocenters. The molecule has 3 heterocycles. The van der Waals surface area contributed by atoms with Crippen molar-refractivity contribution in [2.45, 2.75) is 25.7 Å². The van der Waals surface area contributed by atoms with Crippen molar-refractivity contribution in [1.29, 1.82) is 0 Å². The third-order valence-corrected chi connectivity index (χ3v) is 4.81. The van der Waals surface area contributed by atoms with E-state index in [0.717, 1.165) is 31.8 Å². The van der Waals surface area contributed by atoms with Crippen molar-refractivity contribution in [3.8, 4) is 0 Å². The van der Waals surface area contributed by atoms with Gasteiger partial charge in [0.2, 0.25) is 0 Å². The minimum Gasteiger partial charge on any atom is -0.339 e. The molecule has 2 fully saturated rings. The molecule has 0 aliphatic carbocycles. The van der Waals surface area contributed by atoms with Crippen LogP contribution in [0.25, 0.3) is 0 Å². The lowest BCUT2D eigenvalue weighted by Crippen LogP contribution is -2.41. The molecule has 2 aliphatic rings. The largest absolute Gasteiger partial charge is 0.339 e. The van der Waals surface area contributed by atoms with Gasteiger partial charge in [-0.3, -0.25) is 4.79 Å². The lowest BCUT2D eigenvalue weighted by molar-refractivity contribution is 0.0672. The van der Waals surface area contributed by atoms with E-state index >= 15 is 0 Å². The fourth-order valence-corrected chi connectivity index (χ4v) is 3.45. The summed E-state index contributed by atoms with van der Waals surface area (Å²) in [6.07, 6.45) is 6.50. The van der Waals surface area contributed by atoms with Crippen LogP contribution in [0.3, 0.4) is 0 Å². The smallest absolute Gasteiger partial charge is 0.255 e. The summed E-state index contributed by atoms with van der Waals surface area (Å²) in [6, 6.07) is 3.43. The molecule has 0 saturated carbocycles. The number of pyridine rings is 1. The second-order valence-electron chi connectivity index (χ2n) is 6.11. The van der Waals surface area contributed by atoms with Crippen LogP contribution in [0, 0.1) is 5.92 Å². The summed E-state index contributed by atoms with van der Waals surface area (Å²) in [5.41, 5.74) is 0.636. The number of amides is 1. The zero-order valence-electron chi connectivity index (χ0n) is 12.3. The maximum atomic E-state index is 12.4. The minimum absolute atomic E-state index is 0.0822. The highest BCUT2D eigenvalue weighted by Crippen LogP contribution is 2.22. The SMILES string of the molecule is O=C(c1ccc(Cl)nc1)N1CCC(CN2CCCC2)CC1. The number of aromatic nitrogens is 1. The zero-order valence-corrected chi connectivity index (χ0v) is 13.1. The number of nitrogens with zero attached hydrogens (tertiary/aromatic N) is 3. The first-order valence-corrected chi connectivity index (χ1v) is 8.23. The molecule has 4 nitrogen and oxygen atoms in total. The number of hydrogen-bond acceptors (Lipinski definition) is 3. The van der Waals surface area contributed by atoms with Crippen LogP contribution in [0.5, 0.6) is 0 Å². The summed E-state index contributed by atoms with van der Waals surface area (Å²) in [7, 11) is 0. The van der Waals surface area contributed by atoms with E-state index in [1.807, 2.05) is 4.90 Å². The van der Waals surface area contributed by atoms with Crippen LogP contribution in [-0.4, -0.2) is 53.4 Å². The maximum Gasteiger partial charge on any atom is 0.255 e. The molecule has 0 bridgehead atoms. The summed E-state index contributed by atoms with van der Waals surface area (Å²) in [5, 5.41) is 0.427. The quantitative estimate of drug-likeness (QED) is 0.806. The third kappa shape index (κ3) is 3.74. The molecule has 0 spiro atoms. The van der Waals surface area contributed by atoms with Crippen LogP contribution in [-0.2, 0) is 0 Å². The summed E-state index contributed by atoms with van der Waals surface area (Å²) >= 11 is 5.76. The average Bonchev–Trinajstić information content (AvgIpc) is 3.01. The molecule has 1 aromatic rings. The Bertz CT molecular complexity index is 477. The van der Waals surface area contributed by atoms with Crippen molar-refractivity contribution in [2.75, 3.05) is 32.7 Å². The molecule has 2 saturated heterocycles. The van der Waals surface area contributed by atoms with E-state index in [1.54, 1.807) is 18.3 Å². The Morgan fingerprint density at radius 2 is 1.90 bits per heavy atom. The zero-order chi connectivity index (χ0) is 14.7. The van der Waals surface area contributed by atoms with Gasteiger partial charge in [0.1, 0.15) is 5.15 Å². The molecule has 0 N–H and O–H groups in total. The van der Waals surface area contributed by atoms with Gasteiger partial charge in [0.25, 0.3) is 5.91 Å². The molecule has 0 atom stereocenters. The van der Waals surface area contributed by atoms with Gasteiger partial charge >= 0.3 is 0 Å². The normalized spacial score (nSPS) is 20.9. The maximum absolute atomic E-state index is 12.4. The predicted octanol–water partition coefficient (Wildman–Crippen LogP) is 2.68. The lowest BCUT2D eigenvalue weighted by Gasteiger charge is -2.33. The molecular formula is C16H22ClN3O. The van der Waals surface area contributed by atoms with Gasteiger partial charge in [0.15, 0.2) is 0 Å². The van der Waals surface area contributed by atoms with Crippen LogP contribution in [0.4, 0.5) is 0 Å². The van der Waals surface area contributed by atoms with E-state index < -0.39 is 0 Å². The molecule has 2 aliphatic heterocycles. The molecule has 3 rings (SSSR count). The summed E-state index contributed by atoms with van der Waals surface area (Å²) in [5.74, 6) is 0.828. The van der Waals surface area contributed by atoms with Crippen molar-refractivity contribution in [2.24, 2.45) is 5.92 Å². The van der Waals surface area contributed by atoms with Crippen LogP contribution in [0.2, 0.25) is 5.15 Å². The monoisotopic (exact) mass is 307 g/mol. The number of hydrogen-bond donors (Lipinski definition) is 0. The van der Waals surface area contributed by atoms with Gasteiger partial charge in [-0.05, 0) is 56.8 Å². The van der Waals surface area contributed by atoms with E-state index in [1.165, 1.54) is 32.5 Å². The van der Waals surface area contributed by atoms with Gasteiger partial charge in [0, 0.05) is 25.8 Å². The fourth-order valence-electron chi connectivity index (χ4n) is 3.33. The predicted molar refractivity (Wildman–Crippen MR) is 83.5 cm³/mol. The van der Waals surface area contributed by atoms with E-state index in [2.05, 4.69) is 9.88 Å². The van der Waals surface area contributed by atoms with E-state index in [4.69, 9.17) is 11.6 Å². The Hall–Kier alpha value is -1.13. The molecule has 114 valence electrons. The molecule has 1 amide bonds. The number of likely N-dealkylation sites (tertiary alicyclic amines) is 2. The number of carbonyl (C=O) groups excluding carboxylic acids is 1. The Kier molecular flexibility index (Phi) is 4.76. The molecule has 5 heteroatoms. The van der Waals surface area contributed by atoms with Crippen LogP contribution >= 0.6 is 11.6 Å². The Labute approximate surface area is 131 Å². The first-order chi connectivity index (χ1) is 10.2. The summed E-state index contributed by atoms with van der Waals surface area (Å²) in [4.78, 5) is 20.9. The Morgan fingerprint density at radius 3 is 2.52 bits per heavy atom. The van der Waals surface area contributed by atoms with Gasteiger partial charge in [0.05, 0.1) is 5.56 Å². The molecule has 21 heavy (non-hydrogen) atoms. The average molecular weight is 308 g/mol. The number of piperidine rings is 1. The second-order valence-corrected chi connectivity index (χ2v) is 6.50. The van der Waals surface area contributed by atoms with Crippen molar-refractivity contribution in [3.63, 3.8) is 0 Å². The van der Waals surface area contributed by atoms with Crippen molar-refractivity contribution in [1.82, 2.24) is 14.8 Å². The van der Waals surface area contributed by atoms with Crippen molar-refractivity contribution >= 4 is 17.5 Å². The van der Waals surface area contributed by atoms with E-state index in [0.29, 0.717) is 10.7 Å². The first kappa shape index (κ1) is 14.8. The van der Waals surface area contributed by atoms with E-state index in [-0.39, 0.29) is 5.91 Å². The first-order valence-electron chi connectivity index (χ1n) is 7.85. The van der Waals surface area contributed by atoms with Crippen molar-refractivity contribution in [3.05, 3.63) is 29.0 Å². The number of carbonyl (C=O) groups is 1. The minimum atomic E-state index is 0.0822. The molecule has 0 aromatic carbocycles. The third-order valence-electron chi connectivity index (χ3n) is 4.59. The van der Waals surface area contributed by atoms with Crippen LogP contribution in [0.15, 0.2) is 18.3 Å².